The first kappa shape index (κ1) is 15.9. The van der Waals surface area contributed by atoms with Crippen LogP contribution >= 0.6 is 0 Å². The van der Waals surface area contributed by atoms with Gasteiger partial charge < -0.3 is 15.0 Å². The predicted molar refractivity (Wildman–Crippen MR) is 71.0 cm³/mol. The molecule has 98 valence electrons. The lowest BCUT2D eigenvalue weighted by molar-refractivity contribution is 0.145. The van der Waals surface area contributed by atoms with Crippen molar-refractivity contribution < 1.29 is 4.74 Å². The third-order valence-electron chi connectivity index (χ3n) is 2.84. The maximum atomic E-state index is 5.27. The third-order valence-corrected chi connectivity index (χ3v) is 2.84. The van der Waals surface area contributed by atoms with Crippen LogP contribution in [0.4, 0.5) is 0 Å². The van der Waals surface area contributed by atoms with E-state index in [1.807, 2.05) is 6.92 Å². The first-order chi connectivity index (χ1) is 7.68. The van der Waals surface area contributed by atoms with Crippen molar-refractivity contribution in [2.45, 2.75) is 46.1 Å². The van der Waals surface area contributed by atoms with Gasteiger partial charge in [0, 0.05) is 19.3 Å². The van der Waals surface area contributed by atoms with Gasteiger partial charge in [-0.2, -0.15) is 0 Å². The fourth-order valence-electron chi connectivity index (χ4n) is 1.44. The molecule has 3 nitrogen and oxygen atoms in total. The molecule has 0 rings (SSSR count). The zero-order chi connectivity index (χ0) is 12.2. The Morgan fingerprint density at radius 2 is 1.81 bits per heavy atom. The Morgan fingerprint density at radius 3 is 2.44 bits per heavy atom. The van der Waals surface area contributed by atoms with Gasteiger partial charge in [-0.05, 0) is 66.7 Å². The van der Waals surface area contributed by atoms with Crippen LogP contribution in [0, 0.1) is 0 Å². The SMILES string of the molecule is CCOCCCNCCCCN(C)C(C)C. The van der Waals surface area contributed by atoms with Crippen molar-refractivity contribution in [3.05, 3.63) is 0 Å². The Morgan fingerprint density at radius 1 is 1.12 bits per heavy atom. The second-order valence-corrected chi connectivity index (χ2v) is 4.58. The van der Waals surface area contributed by atoms with Gasteiger partial charge in [-0.3, -0.25) is 0 Å². The molecule has 0 atom stereocenters. The number of unbranched alkanes of at least 4 members (excludes halogenated alkanes) is 1. The first-order valence-corrected chi connectivity index (χ1v) is 6.67. The highest BCUT2D eigenvalue weighted by Gasteiger charge is 2.01. The van der Waals surface area contributed by atoms with Crippen LogP contribution in [0.1, 0.15) is 40.0 Å². The van der Waals surface area contributed by atoms with Gasteiger partial charge in [0.15, 0.2) is 0 Å². The van der Waals surface area contributed by atoms with E-state index in [2.05, 4.69) is 31.1 Å². The minimum atomic E-state index is 0.666. The molecule has 0 aromatic heterocycles. The zero-order valence-corrected chi connectivity index (χ0v) is 11.6. The van der Waals surface area contributed by atoms with Crippen LogP contribution in [0.3, 0.4) is 0 Å². The lowest BCUT2D eigenvalue weighted by atomic mass is 10.2. The van der Waals surface area contributed by atoms with Crippen molar-refractivity contribution in [2.75, 3.05) is 39.9 Å². The second kappa shape index (κ2) is 11.4. The summed E-state index contributed by atoms with van der Waals surface area (Å²) in [4.78, 5) is 2.40. The Balaban J connectivity index is 3.04. The van der Waals surface area contributed by atoms with Crippen molar-refractivity contribution in [3.63, 3.8) is 0 Å². The number of ether oxygens (including phenoxy) is 1. The van der Waals surface area contributed by atoms with Gasteiger partial charge in [0.25, 0.3) is 0 Å². The molecule has 3 heteroatoms. The molecule has 0 aliphatic heterocycles. The minimum absolute atomic E-state index is 0.666. The van der Waals surface area contributed by atoms with Crippen molar-refractivity contribution in [1.82, 2.24) is 10.2 Å². The quantitative estimate of drug-likeness (QED) is 0.550. The molecule has 0 saturated heterocycles. The molecule has 0 amide bonds. The van der Waals surface area contributed by atoms with Gasteiger partial charge >= 0.3 is 0 Å². The van der Waals surface area contributed by atoms with E-state index < -0.39 is 0 Å². The molecule has 16 heavy (non-hydrogen) atoms. The summed E-state index contributed by atoms with van der Waals surface area (Å²) < 4.78 is 5.27. The Hall–Kier alpha value is -0.120. The fraction of sp³-hybridized carbons (Fsp3) is 1.00. The van der Waals surface area contributed by atoms with Gasteiger partial charge in [-0.15, -0.1) is 0 Å². The molecule has 0 saturated carbocycles. The minimum Gasteiger partial charge on any atom is -0.382 e. The number of nitrogens with one attached hydrogen (secondary N) is 1. The van der Waals surface area contributed by atoms with Crippen LogP contribution in [-0.2, 0) is 4.74 Å². The molecule has 0 fully saturated rings. The van der Waals surface area contributed by atoms with Crippen molar-refractivity contribution in [2.24, 2.45) is 0 Å². The molecule has 0 aliphatic carbocycles. The molecule has 0 unspecified atom stereocenters. The average molecular weight is 230 g/mol. The molecule has 0 heterocycles. The summed E-state index contributed by atoms with van der Waals surface area (Å²) in [6.45, 7) is 11.7. The largest absolute Gasteiger partial charge is 0.382 e. The summed E-state index contributed by atoms with van der Waals surface area (Å²) in [5.41, 5.74) is 0. The number of rotatable bonds is 11. The van der Waals surface area contributed by atoms with Crippen molar-refractivity contribution in [3.8, 4) is 0 Å². The molecule has 0 spiro atoms. The molecular formula is C13H30N2O. The second-order valence-electron chi connectivity index (χ2n) is 4.58. The van der Waals surface area contributed by atoms with Crippen LogP contribution in [0.5, 0.6) is 0 Å². The predicted octanol–water partition coefficient (Wildman–Crippen LogP) is 2.12. The lowest BCUT2D eigenvalue weighted by Crippen LogP contribution is -2.28. The van der Waals surface area contributed by atoms with Gasteiger partial charge in [0.1, 0.15) is 0 Å². The molecule has 0 radical (unpaired) electrons. The number of nitrogens with zero attached hydrogens (tertiary/aromatic N) is 1. The smallest absolute Gasteiger partial charge is 0.0477 e. The van der Waals surface area contributed by atoms with Crippen LogP contribution in [-0.4, -0.2) is 50.8 Å². The van der Waals surface area contributed by atoms with E-state index >= 15 is 0 Å². The molecule has 0 aromatic rings. The number of hydrogen-bond donors (Lipinski definition) is 1. The summed E-state index contributed by atoms with van der Waals surface area (Å²) in [6, 6.07) is 0.666. The summed E-state index contributed by atoms with van der Waals surface area (Å²) >= 11 is 0. The van der Waals surface area contributed by atoms with Crippen LogP contribution < -0.4 is 5.32 Å². The highest BCUT2D eigenvalue weighted by atomic mass is 16.5. The molecule has 0 aromatic carbocycles. The standard InChI is InChI=1S/C13H30N2O/c1-5-16-12-8-10-14-9-6-7-11-15(4)13(2)3/h13-14H,5-12H2,1-4H3. The van der Waals surface area contributed by atoms with Crippen LogP contribution in [0.2, 0.25) is 0 Å². The Labute approximate surface area is 102 Å². The maximum absolute atomic E-state index is 5.27. The van der Waals surface area contributed by atoms with E-state index in [1.165, 1.54) is 19.4 Å². The van der Waals surface area contributed by atoms with Gasteiger partial charge in [-0.1, -0.05) is 0 Å². The van der Waals surface area contributed by atoms with Crippen molar-refractivity contribution >= 4 is 0 Å². The van der Waals surface area contributed by atoms with E-state index in [4.69, 9.17) is 4.74 Å². The van der Waals surface area contributed by atoms with Gasteiger partial charge in [0.2, 0.25) is 0 Å². The maximum Gasteiger partial charge on any atom is 0.0477 e. The van der Waals surface area contributed by atoms with E-state index in [1.54, 1.807) is 0 Å². The third kappa shape index (κ3) is 10.4. The van der Waals surface area contributed by atoms with E-state index in [9.17, 15) is 0 Å². The zero-order valence-electron chi connectivity index (χ0n) is 11.6. The monoisotopic (exact) mass is 230 g/mol. The highest BCUT2D eigenvalue weighted by Crippen LogP contribution is 1.97. The number of hydrogen-bond acceptors (Lipinski definition) is 3. The van der Waals surface area contributed by atoms with Gasteiger partial charge in [0.05, 0.1) is 0 Å². The van der Waals surface area contributed by atoms with Gasteiger partial charge in [-0.25, -0.2) is 0 Å². The summed E-state index contributed by atoms with van der Waals surface area (Å²) in [6.07, 6.45) is 3.68. The van der Waals surface area contributed by atoms with Crippen molar-refractivity contribution in [1.29, 1.82) is 0 Å². The summed E-state index contributed by atoms with van der Waals surface area (Å²) in [5.74, 6) is 0. The summed E-state index contributed by atoms with van der Waals surface area (Å²) in [7, 11) is 2.19. The average Bonchev–Trinajstić information content (AvgIpc) is 2.26. The molecule has 0 aliphatic rings. The summed E-state index contributed by atoms with van der Waals surface area (Å²) in [5, 5.41) is 3.45. The Bertz CT molecular complexity index is 140. The fourth-order valence-corrected chi connectivity index (χ4v) is 1.44. The van der Waals surface area contributed by atoms with E-state index in [0.717, 1.165) is 32.7 Å². The topological polar surface area (TPSA) is 24.5 Å². The molecule has 1 N–H and O–H groups in total. The van der Waals surface area contributed by atoms with E-state index in [-0.39, 0.29) is 0 Å². The van der Waals surface area contributed by atoms with E-state index in [0.29, 0.717) is 6.04 Å². The first-order valence-electron chi connectivity index (χ1n) is 6.67. The molecule has 0 bridgehead atoms. The normalized spacial score (nSPS) is 11.6. The van der Waals surface area contributed by atoms with Crippen LogP contribution in [0.15, 0.2) is 0 Å². The van der Waals surface area contributed by atoms with Crippen LogP contribution in [0.25, 0.3) is 0 Å². The Kier molecular flexibility index (Phi) is 11.3. The molecular weight excluding hydrogens is 200 g/mol. The lowest BCUT2D eigenvalue weighted by Gasteiger charge is -2.20. The highest BCUT2D eigenvalue weighted by molar-refractivity contribution is 4.57.